The van der Waals surface area contributed by atoms with Gasteiger partial charge in [-0.05, 0) is 13.3 Å². The summed E-state index contributed by atoms with van der Waals surface area (Å²) in [7, 11) is 0. The van der Waals surface area contributed by atoms with Crippen LogP contribution in [0.4, 0.5) is 5.82 Å². The fourth-order valence-corrected chi connectivity index (χ4v) is 1.26. The fraction of sp³-hybridized carbons (Fsp3) is 0.400. The Kier molecular flexibility index (Phi) is 2.35. The van der Waals surface area contributed by atoms with Gasteiger partial charge >= 0.3 is 0 Å². The van der Waals surface area contributed by atoms with Crippen LogP contribution in [-0.4, -0.2) is 20.4 Å². The molecule has 0 fully saturated rings. The lowest BCUT2D eigenvalue weighted by molar-refractivity contribution is 0.757. The molecule has 1 atom stereocenters. The van der Waals surface area contributed by atoms with E-state index in [0.717, 1.165) is 17.9 Å². The van der Waals surface area contributed by atoms with Crippen molar-refractivity contribution >= 4 is 11.5 Å². The summed E-state index contributed by atoms with van der Waals surface area (Å²) in [6, 6.07) is 0.448. The van der Waals surface area contributed by atoms with Crippen LogP contribution < -0.4 is 5.32 Å². The van der Waals surface area contributed by atoms with Gasteiger partial charge in [-0.15, -0.1) is 0 Å². The Balaban J connectivity index is 2.25. The summed E-state index contributed by atoms with van der Waals surface area (Å²) in [4.78, 5) is 8.40. The summed E-state index contributed by atoms with van der Waals surface area (Å²) in [5.41, 5.74) is 0.875. The SMILES string of the molecule is CCC(C)Nc1cn2ccnc2cn1. The zero-order valence-corrected chi connectivity index (χ0v) is 8.44. The third kappa shape index (κ3) is 1.69. The predicted octanol–water partition coefficient (Wildman–Crippen LogP) is 1.94. The molecular formula is C10H14N4. The third-order valence-electron chi connectivity index (χ3n) is 2.29. The predicted molar refractivity (Wildman–Crippen MR) is 56.4 cm³/mol. The van der Waals surface area contributed by atoms with Crippen molar-refractivity contribution in [3.8, 4) is 0 Å². The van der Waals surface area contributed by atoms with Crippen molar-refractivity contribution in [3.05, 3.63) is 24.8 Å². The highest BCUT2D eigenvalue weighted by Crippen LogP contribution is 2.07. The number of rotatable bonds is 3. The van der Waals surface area contributed by atoms with Crippen LogP contribution in [-0.2, 0) is 0 Å². The second kappa shape index (κ2) is 3.65. The van der Waals surface area contributed by atoms with E-state index in [1.54, 1.807) is 12.4 Å². The molecular weight excluding hydrogens is 176 g/mol. The van der Waals surface area contributed by atoms with Crippen molar-refractivity contribution in [1.29, 1.82) is 0 Å². The average Bonchev–Trinajstić information content (AvgIpc) is 2.64. The van der Waals surface area contributed by atoms with E-state index in [1.165, 1.54) is 0 Å². The smallest absolute Gasteiger partial charge is 0.155 e. The summed E-state index contributed by atoms with van der Waals surface area (Å²) in [5.74, 6) is 0.893. The Morgan fingerprint density at radius 1 is 1.50 bits per heavy atom. The van der Waals surface area contributed by atoms with Crippen LogP contribution in [0.3, 0.4) is 0 Å². The summed E-state index contributed by atoms with van der Waals surface area (Å²) in [5, 5.41) is 3.31. The lowest BCUT2D eigenvalue weighted by atomic mass is 10.3. The maximum Gasteiger partial charge on any atom is 0.155 e. The van der Waals surface area contributed by atoms with Gasteiger partial charge in [0, 0.05) is 18.4 Å². The number of hydrogen-bond donors (Lipinski definition) is 1. The lowest BCUT2D eigenvalue weighted by Crippen LogP contribution is -2.14. The van der Waals surface area contributed by atoms with E-state index in [-0.39, 0.29) is 0 Å². The maximum absolute atomic E-state index is 4.27. The Bertz CT molecular complexity index is 421. The van der Waals surface area contributed by atoms with Crippen LogP contribution in [0, 0.1) is 0 Å². The van der Waals surface area contributed by atoms with Crippen molar-refractivity contribution in [2.75, 3.05) is 5.32 Å². The summed E-state index contributed by atoms with van der Waals surface area (Å²) < 4.78 is 1.96. The molecule has 2 aromatic rings. The minimum absolute atomic E-state index is 0.448. The van der Waals surface area contributed by atoms with E-state index in [0.29, 0.717) is 6.04 Å². The standard InChI is InChI=1S/C10H14N4/c1-3-8(2)13-9-7-14-5-4-11-10(14)6-12-9/h4-8,13H,3H2,1-2H3. The van der Waals surface area contributed by atoms with Crippen molar-refractivity contribution < 1.29 is 0 Å². The number of imidazole rings is 1. The highest BCUT2D eigenvalue weighted by Gasteiger charge is 2.01. The van der Waals surface area contributed by atoms with Gasteiger partial charge < -0.3 is 9.72 Å². The fourth-order valence-electron chi connectivity index (χ4n) is 1.26. The molecule has 0 radical (unpaired) electrons. The molecule has 1 unspecified atom stereocenters. The molecule has 0 saturated carbocycles. The van der Waals surface area contributed by atoms with Crippen molar-refractivity contribution in [2.24, 2.45) is 0 Å². The molecule has 74 valence electrons. The molecule has 0 aliphatic heterocycles. The number of aromatic nitrogens is 3. The molecule has 4 heteroatoms. The molecule has 0 spiro atoms. The van der Waals surface area contributed by atoms with Crippen molar-refractivity contribution in [1.82, 2.24) is 14.4 Å². The normalized spacial score (nSPS) is 13.0. The van der Waals surface area contributed by atoms with Gasteiger partial charge in [-0.25, -0.2) is 9.97 Å². The maximum atomic E-state index is 4.27. The van der Waals surface area contributed by atoms with E-state index >= 15 is 0 Å². The third-order valence-corrected chi connectivity index (χ3v) is 2.29. The van der Waals surface area contributed by atoms with Gasteiger partial charge in [0.25, 0.3) is 0 Å². The molecule has 4 nitrogen and oxygen atoms in total. The first-order valence-electron chi connectivity index (χ1n) is 4.85. The molecule has 0 aliphatic carbocycles. The zero-order chi connectivity index (χ0) is 9.97. The highest BCUT2D eigenvalue weighted by molar-refractivity contribution is 5.42. The summed E-state index contributed by atoms with van der Waals surface area (Å²) in [6.45, 7) is 4.28. The quantitative estimate of drug-likeness (QED) is 0.804. The molecule has 0 bridgehead atoms. The van der Waals surface area contributed by atoms with Crippen LogP contribution in [0.2, 0.25) is 0 Å². The minimum Gasteiger partial charge on any atom is -0.366 e. The second-order valence-electron chi connectivity index (χ2n) is 3.42. The number of anilines is 1. The zero-order valence-electron chi connectivity index (χ0n) is 8.44. The summed E-state index contributed by atoms with van der Waals surface area (Å²) >= 11 is 0. The van der Waals surface area contributed by atoms with Crippen LogP contribution >= 0.6 is 0 Å². The molecule has 0 saturated heterocycles. The van der Waals surface area contributed by atoms with Gasteiger partial charge in [0.1, 0.15) is 5.82 Å². The molecule has 2 heterocycles. The molecule has 1 N–H and O–H groups in total. The highest BCUT2D eigenvalue weighted by atomic mass is 15.1. The van der Waals surface area contributed by atoms with Gasteiger partial charge in [0.05, 0.1) is 12.4 Å². The lowest BCUT2D eigenvalue weighted by Gasteiger charge is -2.11. The molecule has 14 heavy (non-hydrogen) atoms. The first-order valence-corrected chi connectivity index (χ1v) is 4.85. The molecule has 2 rings (SSSR count). The molecule has 0 aliphatic rings. The van der Waals surface area contributed by atoms with Crippen molar-refractivity contribution in [3.63, 3.8) is 0 Å². The Labute approximate surface area is 83.0 Å². The molecule has 0 amide bonds. The van der Waals surface area contributed by atoms with Crippen LogP contribution in [0.15, 0.2) is 24.8 Å². The number of nitrogens with zero attached hydrogens (tertiary/aromatic N) is 3. The van der Waals surface area contributed by atoms with Crippen molar-refractivity contribution in [2.45, 2.75) is 26.3 Å². The van der Waals surface area contributed by atoms with Crippen LogP contribution in [0.1, 0.15) is 20.3 Å². The summed E-state index contributed by atoms with van der Waals surface area (Å²) in [6.07, 6.45) is 8.49. The van der Waals surface area contributed by atoms with Gasteiger partial charge in [-0.3, -0.25) is 0 Å². The first-order chi connectivity index (χ1) is 6.79. The number of hydrogen-bond acceptors (Lipinski definition) is 3. The molecule has 2 aromatic heterocycles. The van der Waals surface area contributed by atoms with E-state index in [2.05, 4.69) is 29.1 Å². The van der Waals surface area contributed by atoms with Gasteiger partial charge in [-0.2, -0.15) is 0 Å². The van der Waals surface area contributed by atoms with Gasteiger partial charge in [0.15, 0.2) is 5.65 Å². The Morgan fingerprint density at radius 3 is 3.14 bits per heavy atom. The van der Waals surface area contributed by atoms with E-state index in [4.69, 9.17) is 0 Å². The van der Waals surface area contributed by atoms with E-state index < -0.39 is 0 Å². The number of nitrogens with one attached hydrogen (secondary N) is 1. The molecule has 0 aromatic carbocycles. The monoisotopic (exact) mass is 190 g/mol. The number of fused-ring (bicyclic) bond motifs is 1. The largest absolute Gasteiger partial charge is 0.366 e. The minimum atomic E-state index is 0.448. The Hall–Kier alpha value is -1.58. The Morgan fingerprint density at radius 2 is 2.36 bits per heavy atom. The van der Waals surface area contributed by atoms with Crippen LogP contribution in [0.5, 0.6) is 0 Å². The van der Waals surface area contributed by atoms with Gasteiger partial charge in [-0.1, -0.05) is 6.92 Å². The topological polar surface area (TPSA) is 42.2 Å². The average molecular weight is 190 g/mol. The second-order valence-corrected chi connectivity index (χ2v) is 3.42. The van der Waals surface area contributed by atoms with E-state index in [9.17, 15) is 0 Å². The van der Waals surface area contributed by atoms with Gasteiger partial charge in [0.2, 0.25) is 0 Å². The first kappa shape index (κ1) is 8.99. The van der Waals surface area contributed by atoms with E-state index in [1.807, 2.05) is 16.8 Å². The van der Waals surface area contributed by atoms with Crippen LogP contribution in [0.25, 0.3) is 5.65 Å².